The number of carbonyl (C=O) groups is 1. The average molecular weight is 428 g/mol. The summed E-state index contributed by atoms with van der Waals surface area (Å²) in [5.41, 5.74) is 2.97. The number of carbonyl (C=O) groups excluding carboxylic acids is 1. The zero-order valence-corrected chi connectivity index (χ0v) is 18.3. The fraction of sp³-hybridized carbons (Fsp3) is 0.409. The van der Waals surface area contributed by atoms with Gasteiger partial charge in [-0.05, 0) is 38.8 Å². The molecule has 30 heavy (non-hydrogen) atoms. The molecule has 0 aliphatic heterocycles. The van der Waals surface area contributed by atoms with Crippen LogP contribution in [0.25, 0.3) is 17.2 Å². The lowest BCUT2D eigenvalue weighted by Gasteiger charge is -2.12. The van der Waals surface area contributed by atoms with Gasteiger partial charge in [0.2, 0.25) is 0 Å². The van der Waals surface area contributed by atoms with E-state index in [4.69, 9.17) is 16.3 Å². The SMILES string of the molecule is CCCCCCc1cn(-c2nc(C)c(C(=O)OCC)c(-c3ccc(Cl)cc3)n2)nn1. The minimum atomic E-state index is -0.457. The fourth-order valence-corrected chi connectivity index (χ4v) is 3.29. The van der Waals surface area contributed by atoms with Gasteiger partial charge in [-0.25, -0.2) is 14.8 Å². The Morgan fingerprint density at radius 1 is 1.10 bits per heavy atom. The van der Waals surface area contributed by atoms with Gasteiger partial charge in [-0.3, -0.25) is 0 Å². The van der Waals surface area contributed by atoms with Crippen molar-refractivity contribution in [3.05, 3.63) is 52.4 Å². The number of benzene rings is 1. The lowest BCUT2D eigenvalue weighted by atomic mass is 10.0. The summed E-state index contributed by atoms with van der Waals surface area (Å²) in [5.74, 6) is -0.0977. The maximum atomic E-state index is 12.6. The van der Waals surface area contributed by atoms with E-state index in [0.29, 0.717) is 27.9 Å². The molecule has 1 aromatic carbocycles. The molecule has 3 rings (SSSR count). The van der Waals surface area contributed by atoms with Gasteiger partial charge in [0.15, 0.2) is 0 Å². The lowest BCUT2D eigenvalue weighted by molar-refractivity contribution is 0.0525. The molecule has 0 aliphatic rings. The summed E-state index contributed by atoms with van der Waals surface area (Å²) in [4.78, 5) is 21.7. The molecular weight excluding hydrogens is 402 g/mol. The second-order valence-electron chi connectivity index (χ2n) is 7.03. The molecule has 0 saturated carbocycles. The van der Waals surface area contributed by atoms with Crippen molar-refractivity contribution in [3.8, 4) is 17.2 Å². The van der Waals surface area contributed by atoms with Gasteiger partial charge >= 0.3 is 5.97 Å². The summed E-state index contributed by atoms with van der Waals surface area (Å²) < 4.78 is 6.78. The molecule has 0 aliphatic carbocycles. The van der Waals surface area contributed by atoms with E-state index < -0.39 is 5.97 Å². The van der Waals surface area contributed by atoms with E-state index in [-0.39, 0.29) is 6.61 Å². The van der Waals surface area contributed by atoms with Crippen LogP contribution in [0.4, 0.5) is 0 Å². The predicted octanol–water partition coefficient (Wildman–Crippen LogP) is 4.99. The molecular formula is C22H26ClN5O2. The van der Waals surface area contributed by atoms with E-state index in [9.17, 15) is 4.79 Å². The Morgan fingerprint density at radius 2 is 1.87 bits per heavy atom. The number of rotatable bonds is 9. The molecule has 2 aromatic heterocycles. The van der Waals surface area contributed by atoms with Crippen LogP contribution < -0.4 is 0 Å². The van der Waals surface area contributed by atoms with Crippen molar-refractivity contribution in [2.45, 2.75) is 52.9 Å². The summed E-state index contributed by atoms with van der Waals surface area (Å²) in [6, 6.07) is 7.15. The maximum Gasteiger partial charge on any atom is 0.342 e. The Balaban J connectivity index is 1.98. The Kier molecular flexibility index (Phi) is 7.52. The van der Waals surface area contributed by atoms with E-state index in [1.165, 1.54) is 19.3 Å². The van der Waals surface area contributed by atoms with Crippen LogP contribution >= 0.6 is 11.6 Å². The van der Waals surface area contributed by atoms with Crippen molar-refractivity contribution in [3.63, 3.8) is 0 Å². The third-order valence-corrected chi connectivity index (χ3v) is 4.96. The lowest BCUT2D eigenvalue weighted by Crippen LogP contribution is -2.14. The van der Waals surface area contributed by atoms with Gasteiger partial charge in [-0.15, -0.1) is 5.10 Å². The van der Waals surface area contributed by atoms with Crippen LogP contribution in [0.15, 0.2) is 30.5 Å². The normalized spacial score (nSPS) is 10.9. The van der Waals surface area contributed by atoms with Crippen LogP contribution in [0.3, 0.4) is 0 Å². The van der Waals surface area contributed by atoms with Gasteiger partial charge < -0.3 is 4.74 Å². The Hall–Kier alpha value is -2.80. The molecule has 0 N–H and O–H groups in total. The molecule has 0 spiro atoms. The minimum absolute atomic E-state index is 0.268. The Morgan fingerprint density at radius 3 is 2.57 bits per heavy atom. The number of hydrogen-bond acceptors (Lipinski definition) is 6. The molecule has 158 valence electrons. The number of ether oxygens (including phenoxy) is 1. The topological polar surface area (TPSA) is 82.8 Å². The number of unbranched alkanes of at least 4 members (excludes halogenated alkanes) is 3. The van der Waals surface area contributed by atoms with Crippen LogP contribution in [-0.4, -0.2) is 37.5 Å². The minimum Gasteiger partial charge on any atom is -0.462 e. The van der Waals surface area contributed by atoms with Crippen LogP contribution in [-0.2, 0) is 11.2 Å². The van der Waals surface area contributed by atoms with Crippen LogP contribution in [0.2, 0.25) is 5.02 Å². The van der Waals surface area contributed by atoms with Gasteiger partial charge in [-0.2, -0.15) is 4.68 Å². The van der Waals surface area contributed by atoms with Crippen LogP contribution in [0.5, 0.6) is 0 Å². The third kappa shape index (κ3) is 5.21. The first kappa shape index (κ1) is 21.9. The van der Waals surface area contributed by atoms with Crippen molar-refractivity contribution >= 4 is 17.6 Å². The highest BCUT2D eigenvalue weighted by Gasteiger charge is 2.22. The van der Waals surface area contributed by atoms with E-state index in [0.717, 1.165) is 24.1 Å². The van der Waals surface area contributed by atoms with Crippen molar-refractivity contribution in [2.75, 3.05) is 6.61 Å². The number of esters is 1. The second kappa shape index (κ2) is 10.3. The summed E-state index contributed by atoms with van der Waals surface area (Å²) in [7, 11) is 0. The van der Waals surface area contributed by atoms with Crippen LogP contribution in [0.1, 0.15) is 61.3 Å². The highest BCUT2D eigenvalue weighted by atomic mass is 35.5. The van der Waals surface area contributed by atoms with Crippen molar-refractivity contribution in [1.29, 1.82) is 0 Å². The molecule has 2 heterocycles. The number of aryl methyl sites for hydroxylation is 2. The highest BCUT2D eigenvalue weighted by molar-refractivity contribution is 6.30. The zero-order chi connectivity index (χ0) is 21.5. The summed E-state index contributed by atoms with van der Waals surface area (Å²) in [5, 5.41) is 9.04. The molecule has 3 aromatic rings. The molecule has 8 heteroatoms. The van der Waals surface area contributed by atoms with Gasteiger partial charge in [0.25, 0.3) is 5.95 Å². The van der Waals surface area contributed by atoms with Gasteiger partial charge in [0.1, 0.15) is 5.56 Å². The standard InChI is InChI=1S/C22H26ClN5O2/c1-4-6-7-8-9-18-14-28(27-26-18)22-24-15(3)19(21(29)30-5-2)20(25-22)16-10-12-17(23)13-11-16/h10-14H,4-9H2,1-3H3. The number of hydrogen-bond donors (Lipinski definition) is 0. The van der Waals surface area contributed by atoms with Crippen molar-refractivity contribution in [1.82, 2.24) is 25.0 Å². The zero-order valence-electron chi connectivity index (χ0n) is 17.6. The molecule has 0 saturated heterocycles. The number of aromatic nitrogens is 5. The van der Waals surface area contributed by atoms with Gasteiger partial charge in [-0.1, -0.05) is 55.1 Å². The number of nitrogens with zero attached hydrogens (tertiary/aromatic N) is 5. The first-order chi connectivity index (χ1) is 14.5. The largest absolute Gasteiger partial charge is 0.462 e. The second-order valence-corrected chi connectivity index (χ2v) is 7.46. The van der Waals surface area contributed by atoms with E-state index in [1.54, 1.807) is 30.7 Å². The van der Waals surface area contributed by atoms with Crippen molar-refractivity contribution in [2.24, 2.45) is 0 Å². The van der Waals surface area contributed by atoms with Gasteiger partial charge in [0.05, 0.1) is 29.9 Å². The summed E-state index contributed by atoms with van der Waals surface area (Å²) >= 11 is 6.03. The molecule has 7 nitrogen and oxygen atoms in total. The van der Waals surface area contributed by atoms with Crippen molar-refractivity contribution < 1.29 is 9.53 Å². The highest BCUT2D eigenvalue weighted by Crippen LogP contribution is 2.26. The first-order valence-corrected chi connectivity index (χ1v) is 10.6. The molecule has 0 fully saturated rings. The molecule has 0 atom stereocenters. The summed E-state index contributed by atoms with van der Waals surface area (Å²) in [6.45, 7) is 5.99. The molecule has 0 bridgehead atoms. The Labute approximate surface area is 181 Å². The fourth-order valence-electron chi connectivity index (χ4n) is 3.17. The predicted molar refractivity (Wildman–Crippen MR) is 116 cm³/mol. The van der Waals surface area contributed by atoms with E-state index in [1.807, 2.05) is 18.3 Å². The maximum absolute atomic E-state index is 12.6. The van der Waals surface area contributed by atoms with Gasteiger partial charge in [0, 0.05) is 10.6 Å². The Bertz CT molecular complexity index is 1000. The van der Waals surface area contributed by atoms with E-state index in [2.05, 4.69) is 27.2 Å². The monoisotopic (exact) mass is 427 g/mol. The van der Waals surface area contributed by atoms with E-state index >= 15 is 0 Å². The molecule has 0 radical (unpaired) electrons. The quantitative estimate of drug-likeness (QED) is 0.353. The first-order valence-electron chi connectivity index (χ1n) is 10.3. The summed E-state index contributed by atoms with van der Waals surface area (Å²) in [6.07, 6.45) is 7.37. The third-order valence-electron chi connectivity index (χ3n) is 4.71. The number of halogens is 1. The van der Waals surface area contributed by atoms with Crippen LogP contribution in [0, 0.1) is 6.92 Å². The molecule has 0 unspecified atom stereocenters. The molecule has 0 amide bonds. The average Bonchev–Trinajstić information content (AvgIpc) is 3.20. The smallest absolute Gasteiger partial charge is 0.342 e.